The van der Waals surface area contributed by atoms with Crippen LogP contribution < -0.4 is 4.72 Å². The van der Waals surface area contributed by atoms with Gasteiger partial charge in [-0.2, -0.15) is 0 Å². The summed E-state index contributed by atoms with van der Waals surface area (Å²) in [6.07, 6.45) is 7.32. The summed E-state index contributed by atoms with van der Waals surface area (Å²) >= 11 is 0. The Balaban J connectivity index is 0. The number of allylic oxidation sites excluding steroid dienone is 4. The molecule has 0 aliphatic heterocycles. The normalized spacial score (nSPS) is 11.4. The number of carbonyl (C=O) groups excluding carboxylic acids is 3. The van der Waals surface area contributed by atoms with Gasteiger partial charge in [-0.3, -0.25) is 9.59 Å². The van der Waals surface area contributed by atoms with E-state index in [4.69, 9.17) is 0 Å². The van der Waals surface area contributed by atoms with Crippen LogP contribution in [0, 0.1) is 0 Å². The third kappa shape index (κ3) is 11.5. The van der Waals surface area contributed by atoms with Crippen molar-refractivity contribution in [1.29, 1.82) is 0 Å². The molecule has 0 fully saturated rings. The number of aldehydes is 1. The highest BCUT2D eigenvalue weighted by molar-refractivity contribution is 7.94. The first kappa shape index (κ1) is 24.2. The molecule has 0 spiro atoms. The van der Waals surface area contributed by atoms with Crippen molar-refractivity contribution in [1.82, 2.24) is 4.72 Å². The predicted molar refractivity (Wildman–Crippen MR) is 95.7 cm³/mol. The Morgan fingerprint density at radius 1 is 1.17 bits per heavy atom. The lowest BCUT2D eigenvalue weighted by Crippen LogP contribution is -2.32. The molecule has 24 heavy (non-hydrogen) atoms. The van der Waals surface area contributed by atoms with Crippen LogP contribution in [0.2, 0.25) is 0 Å². The SMILES string of the molecule is C=C/C=C\C(=C/C)S(=O)(=O)NC(=O)CC(=O)CCCCC=O.CC. The van der Waals surface area contributed by atoms with Gasteiger partial charge < -0.3 is 4.79 Å². The lowest BCUT2D eigenvalue weighted by Gasteiger charge is -2.07. The summed E-state index contributed by atoms with van der Waals surface area (Å²) in [4.78, 5) is 33.2. The molecule has 0 aliphatic carbocycles. The number of hydrogen-bond acceptors (Lipinski definition) is 5. The molecule has 0 aromatic heterocycles. The van der Waals surface area contributed by atoms with Gasteiger partial charge in [0.1, 0.15) is 12.1 Å². The summed E-state index contributed by atoms with van der Waals surface area (Å²) in [6, 6.07) is 0. The number of rotatable bonds is 11. The second kappa shape index (κ2) is 14.6. The lowest BCUT2D eigenvalue weighted by molar-refractivity contribution is -0.127. The van der Waals surface area contributed by atoms with Gasteiger partial charge in [0, 0.05) is 12.8 Å². The summed E-state index contributed by atoms with van der Waals surface area (Å²) in [5, 5.41) is 0. The first-order valence-corrected chi connectivity index (χ1v) is 9.32. The molecule has 0 aromatic carbocycles. The molecular formula is C17H27NO5S. The summed E-state index contributed by atoms with van der Waals surface area (Å²) < 4.78 is 25.7. The zero-order valence-corrected chi connectivity index (χ0v) is 15.4. The molecule has 0 aromatic rings. The Hall–Kier alpha value is -2.02. The van der Waals surface area contributed by atoms with Gasteiger partial charge in [0.25, 0.3) is 10.0 Å². The zero-order chi connectivity index (χ0) is 19.0. The number of hydrogen-bond donors (Lipinski definition) is 1. The van der Waals surface area contributed by atoms with Crippen LogP contribution in [0.25, 0.3) is 0 Å². The molecule has 0 rings (SSSR count). The molecule has 1 N–H and O–H groups in total. The van der Waals surface area contributed by atoms with Crippen LogP contribution in [0.15, 0.2) is 35.8 Å². The van der Waals surface area contributed by atoms with Gasteiger partial charge in [-0.05, 0) is 25.8 Å². The number of nitrogens with one attached hydrogen (secondary N) is 1. The molecule has 0 bridgehead atoms. The third-order valence-electron chi connectivity index (χ3n) is 2.62. The van der Waals surface area contributed by atoms with Gasteiger partial charge in [-0.25, -0.2) is 13.1 Å². The Bertz CT molecular complexity index is 574. The Kier molecular flexibility index (Phi) is 14.7. The summed E-state index contributed by atoms with van der Waals surface area (Å²) in [6.45, 7) is 8.95. The fraction of sp³-hybridized carbons (Fsp3) is 0.471. The number of sulfonamides is 1. The monoisotopic (exact) mass is 357 g/mol. The van der Waals surface area contributed by atoms with E-state index in [1.807, 2.05) is 18.6 Å². The van der Waals surface area contributed by atoms with E-state index in [1.54, 1.807) is 0 Å². The van der Waals surface area contributed by atoms with Crippen molar-refractivity contribution in [3.63, 3.8) is 0 Å². The van der Waals surface area contributed by atoms with Crippen molar-refractivity contribution >= 4 is 28.0 Å². The van der Waals surface area contributed by atoms with Crippen LogP contribution in [-0.4, -0.2) is 26.4 Å². The Labute approximate surface area is 144 Å². The quantitative estimate of drug-likeness (QED) is 0.265. The minimum absolute atomic E-state index is 0.0841. The van der Waals surface area contributed by atoms with Crippen molar-refractivity contribution in [3.8, 4) is 0 Å². The first-order chi connectivity index (χ1) is 11.4. The predicted octanol–water partition coefficient (Wildman–Crippen LogP) is 2.82. The molecule has 136 valence electrons. The fourth-order valence-corrected chi connectivity index (χ4v) is 2.62. The van der Waals surface area contributed by atoms with E-state index in [2.05, 4.69) is 6.58 Å². The van der Waals surface area contributed by atoms with E-state index in [9.17, 15) is 22.8 Å². The van der Waals surface area contributed by atoms with Crippen LogP contribution in [0.5, 0.6) is 0 Å². The highest BCUT2D eigenvalue weighted by atomic mass is 32.2. The Morgan fingerprint density at radius 3 is 2.29 bits per heavy atom. The van der Waals surface area contributed by atoms with Gasteiger partial charge in [-0.1, -0.05) is 38.7 Å². The van der Waals surface area contributed by atoms with Crippen LogP contribution in [0.1, 0.15) is 52.9 Å². The zero-order valence-electron chi connectivity index (χ0n) is 14.6. The highest BCUT2D eigenvalue weighted by Gasteiger charge is 2.19. The maximum atomic E-state index is 11.9. The maximum absolute atomic E-state index is 11.9. The average molecular weight is 357 g/mol. The maximum Gasteiger partial charge on any atom is 0.263 e. The van der Waals surface area contributed by atoms with E-state index < -0.39 is 22.4 Å². The number of carbonyl (C=O) groups is 3. The number of Topliss-reactive ketones (excluding diaryl/α,β-unsaturated/α-hetero) is 1. The highest BCUT2D eigenvalue weighted by Crippen LogP contribution is 2.07. The van der Waals surface area contributed by atoms with Crippen LogP contribution in [0.4, 0.5) is 0 Å². The van der Waals surface area contributed by atoms with E-state index in [0.717, 1.165) is 6.29 Å². The summed E-state index contributed by atoms with van der Waals surface area (Å²) in [5.74, 6) is -1.23. The Morgan fingerprint density at radius 2 is 1.79 bits per heavy atom. The van der Waals surface area contributed by atoms with Crippen molar-refractivity contribution in [2.24, 2.45) is 0 Å². The molecule has 7 heteroatoms. The summed E-state index contributed by atoms with van der Waals surface area (Å²) in [7, 11) is -3.99. The van der Waals surface area contributed by atoms with Gasteiger partial charge in [0.15, 0.2) is 0 Å². The molecule has 1 amide bonds. The molecule has 0 atom stereocenters. The smallest absolute Gasteiger partial charge is 0.263 e. The van der Waals surface area contributed by atoms with Crippen molar-refractivity contribution in [2.75, 3.05) is 0 Å². The second-order valence-corrected chi connectivity index (χ2v) is 6.12. The van der Waals surface area contributed by atoms with Crippen LogP contribution in [0.3, 0.4) is 0 Å². The number of unbranched alkanes of at least 4 members (excludes halogenated alkanes) is 2. The van der Waals surface area contributed by atoms with Crippen molar-refractivity contribution < 1.29 is 22.8 Å². The standard InChI is InChI=1S/C15H21NO5S.C2H6/c1-3-5-10-14(4-2)22(20,21)16-15(19)12-13(18)9-7-6-8-11-17;1-2/h3-5,10-11H,1,6-9,12H2,2H3,(H,16,19);1-2H3/b10-5-,14-4+;. The van der Waals surface area contributed by atoms with Crippen molar-refractivity contribution in [2.45, 2.75) is 52.9 Å². The molecule has 6 nitrogen and oxygen atoms in total. The van der Waals surface area contributed by atoms with Gasteiger partial charge in [0.05, 0.1) is 11.3 Å². The number of ketones is 1. The van der Waals surface area contributed by atoms with Gasteiger partial charge >= 0.3 is 0 Å². The van der Waals surface area contributed by atoms with E-state index >= 15 is 0 Å². The van der Waals surface area contributed by atoms with Gasteiger partial charge in [-0.15, -0.1) is 0 Å². The second-order valence-electron chi connectivity index (χ2n) is 4.44. The van der Waals surface area contributed by atoms with E-state index in [1.165, 1.54) is 31.2 Å². The largest absolute Gasteiger partial charge is 0.303 e. The van der Waals surface area contributed by atoms with Gasteiger partial charge in [0.2, 0.25) is 5.91 Å². The minimum atomic E-state index is -3.99. The first-order valence-electron chi connectivity index (χ1n) is 7.83. The topological polar surface area (TPSA) is 97.4 Å². The fourth-order valence-electron chi connectivity index (χ4n) is 1.57. The average Bonchev–Trinajstić information content (AvgIpc) is 2.53. The molecular weight excluding hydrogens is 330 g/mol. The van der Waals surface area contributed by atoms with E-state index in [0.29, 0.717) is 19.3 Å². The lowest BCUT2D eigenvalue weighted by atomic mass is 10.1. The molecule has 0 aliphatic rings. The summed E-state index contributed by atoms with van der Waals surface area (Å²) in [5.41, 5.74) is 0. The molecule has 0 heterocycles. The van der Waals surface area contributed by atoms with Crippen LogP contribution >= 0.6 is 0 Å². The van der Waals surface area contributed by atoms with E-state index in [-0.39, 0.29) is 17.1 Å². The van der Waals surface area contributed by atoms with Crippen LogP contribution in [-0.2, 0) is 24.4 Å². The van der Waals surface area contributed by atoms with Crippen molar-refractivity contribution in [3.05, 3.63) is 35.8 Å². The number of amides is 1. The molecule has 0 saturated heterocycles. The molecule has 0 saturated carbocycles. The molecule has 0 unspecified atom stereocenters. The third-order valence-corrected chi connectivity index (χ3v) is 4.11. The minimum Gasteiger partial charge on any atom is -0.303 e. The molecule has 0 radical (unpaired) electrons.